The van der Waals surface area contributed by atoms with Gasteiger partial charge >= 0.3 is 0 Å². The maximum Gasteiger partial charge on any atom is 0.295 e. The number of H-pyrrole nitrogens is 2. The molecule has 1 aromatic carbocycles. The van der Waals surface area contributed by atoms with Gasteiger partial charge in [-0.2, -0.15) is 0 Å². The first-order valence-electron chi connectivity index (χ1n) is 8.17. The number of benzene rings is 1. The molecule has 1 aliphatic carbocycles. The van der Waals surface area contributed by atoms with Crippen molar-refractivity contribution in [3.05, 3.63) is 47.8 Å². The maximum absolute atomic E-state index is 13.2. The Hall–Kier alpha value is -2.77. The Balaban J connectivity index is 1.58. The summed E-state index contributed by atoms with van der Waals surface area (Å²) in [5.41, 5.74) is 0.676. The fourth-order valence-electron chi connectivity index (χ4n) is 4.27. The molecule has 25 heavy (non-hydrogen) atoms. The third-order valence-corrected chi connectivity index (χ3v) is 5.36. The van der Waals surface area contributed by atoms with Gasteiger partial charge in [0.25, 0.3) is 12.3 Å². The number of carbonyl (C=O) groups excluding carboxylic acids is 1. The largest absolute Gasteiger partial charge is 0.347 e. The van der Waals surface area contributed by atoms with Crippen LogP contribution in [0.5, 0.6) is 0 Å². The van der Waals surface area contributed by atoms with E-state index in [1.807, 2.05) is 4.90 Å². The number of halogens is 2. The van der Waals surface area contributed by atoms with Gasteiger partial charge in [0.05, 0.1) is 11.1 Å². The second-order valence-corrected chi connectivity index (χ2v) is 6.78. The molecule has 3 fully saturated rings. The van der Waals surface area contributed by atoms with E-state index < -0.39 is 17.8 Å². The molecule has 4 heterocycles. The van der Waals surface area contributed by atoms with Crippen molar-refractivity contribution in [1.29, 1.82) is 0 Å². The van der Waals surface area contributed by atoms with Crippen LogP contribution in [0.15, 0.2) is 30.6 Å². The van der Waals surface area contributed by atoms with Crippen LogP contribution in [0.1, 0.15) is 41.3 Å². The van der Waals surface area contributed by atoms with E-state index in [1.54, 1.807) is 30.6 Å². The molecule has 0 unspecified atom stereocenters. The molecule has 2 N–H and O–H groups in total. The molecule has 0 atom stereocenters. The van der Waals surface area contributed by atoms with Gasteiger partial charge < -0.3 is 14.9 Å². The van der Waals surface area contributed by atoms with Crippen LogP contribution in [0.25, 0.3) is 11.0 Å². The Labute approximate surface area is 141 Å². The van der Waals surface area contributed by atoms with Gasteiger partial charge in [0.1, 0.15) is 16.9 Å². The van der Waals surface area contributed by atoms with E-state index in [1.165, 1.54) is 0 Å². The third-order valence-electron chi connectivity index (χ3n) is 5.36. The summed E-state index contributed by atoms with van der Waals surface area (Å²) in [5.74, 6) is 0.650. The third kappa shape index (κ3) is 1.90. The van der Waals surface area contributed by atoms with E-state index in [0.717, 1.165) is 18.7 Å². The summed E-state index contributed by atoms with van der Waals surface area (Å²) in [6, 6.07) is 4.98. The lowest BCUT2D eigenvalue weighted by Gasteiger charge is -2.40. The first kappa shape index (κ1) is 14.6. The van der Waals surface area contributed by atoms with E-state index in [-0.39, 0.29) is 5.91 Å². The van der Waals surface area contributed by atoms with E-state index in [9.17, 15) is 13.6 Å². The zero-order chi connectivity index (χ0) is 17.2. The quantitative estimate of drug-likeness (QED) is 0.767. The number of rotatable bonds is 3. The topological polar surface area (TPSA) is 77.7 Å². The lowest BCUT2D eigenvalue weighted by molar-refractivity contribution is 0.0530. The molecule has 1 amide bonds. The smallest absolute Gasteiger partial charge is 0.295 e. The summed E-state index contributed by atoms with van der Waals surface area (Å²) in [4.78, 5) is 29.1. The zero-order valence-corrected chi connectivity index (χ0v) is 13.2. The fourth-order valence-corrected chi connectivity index (χ4v) is 4.27. The Kier molecular flexibility index (Phi) is 2.84. The average Bonchev–Trinajstić information content (AvgIpc) is 3.32. The van der Waals surface area contributed by atoms with Crippen molar-refractivity contribution in [2.24, 2.45) is 5.92 Å². The predicted molar refractivity (Wildman–Crippen MR) is 85.1 cm³/mol. The number of carbonyl (C=O) groups is 1. The summed E-state index contributed by atoms with van der Waals surface area (Å²) >= 11 is 0. The summed E-state index contributed by atoms with van der Waals surface area (Å²) in [6.07, 6.45) is 2.49. The van der Waals surface area contributed by atoms with Crippen molar-refractivity contribution >= 4 is 16.9 Å². The molecule has 0 spiro atoms. The van der Waals surface area contributed by atoms with Crippen LogP contribution < -0.4 is 0 Å². The minimum Gasteiger partial charge on any atom is -0.347 e. The molecule has 2 saturated heterocycles. The van der Waals surface area contributed by atoms with Crippen molar-refractivity contribution in [1.82, 2.24) is 24.8 Å². The van der Waals surface area contributed by atoms with Crippen LogP contribution in [-0.2, 0) is 5.54 Å². The Morgan fingerprint density at radius 3 is 2.92 bits per heavy atom. The van der Waals surface area contributed by atoms with Gasteiger partial charge in [0.15, 0.2) is 5.82 Å². The monoisotopic (exact) mass is 343 g/mol. The van der Waals surface area contributed by atoms with Gasteiger partial charge in [-0.25, -0.2) is 18.7 Å². The number of fused-ring (bicyclic) bond motifs is 2. The average molecular weight is 343 g/mol. The summed E-state index contributed by atoms with van der Waals surface area (Å²) in [5, 5.41) is 0. The molecular formula is C17H15F2N5O. The van der Waals surface area contributed by atoms with Gasteiger partial charge in [-0.1, -0.05) is 6.07 Å². The molecule has 3 aromatic rings. The van der Waals surface area contributed by atoms with Crippen molar-refractivity contribution < 1.29 is 13.6 Å². The molecular weight excluding hydrogens is 328 g/mol. The van der Waals surface area contributed by atoms with E-state index >= 15 is 0 Å². The van der Waals surface area contributed by atoms with E-state index in [4.69, 9.17) is 0 Å². The SMILES string of the molecule is O=C(c1cccc2[nH]c(C(F)F)nc12)N1CC2CC1(c1ncc[nH]1)C2. The van der Waals surface area contributed by atoms with Crippen LogP contribution in [0, 0.1) is 5.92 Å². The van der Waals surface area contributed by atoms with Crippen LogP contribution in [0.2, 0.25) is 0 Å². The van der Waals surface area contributed by atoms with Crippen LogP contribution in [-0.4, -0.2) is 37.3 Å². The number of hydrogen-bond acceptors (Lipinski definition) is 3. The number of amides is 1. The molecule has 0 radical (unpaired) electrons. The van der Waals surface area contributed by atoms with E-state index in [2.05, 4.69) is 19.9 Å². The van der Waals surface area contributed by atoms with E-state index in [0.29, 0.717) is 29.1 Å². The highest BCUT2D eigenvalue weighted by Gasteiger charge is 2.60. The number of aromatic amines is 2. The number of alkyl halides is 2. The lowest BCUT2D eigenvalue weighted by atomic mass is 9.72. The Morgan fingerprint density at radius 2 is 2.20 bits per heavy atom. The minimum atomic E-state index is -2.70. The minimum absolute atomic E-state index is 0.186. The number of nitrogens with one attached hydrogen (secondary N) is 2. The molecule has 8 heteroatoms. The second-order valence-electron chi connectivity index (χ2n) is 6.78. The molecule has 2 aromatic heterocycles. The van der Waals surface area contributed by atoms with Gasteiger partial charge in [0.2, 0.25) is 0 Å². The lowest BCUT2D eigenvalue weighted by Crippen LogP contribution is -2.46. The van der Waals surface area contributed by atoms with Gasteiger partial charge in [-0.3, -0.25) is 4.79 Å². The van der Waals surface area contributed by atoms with Crippen LogP contribution in [0.4, 0.5) is 8.78 Å². The van der Waals surface area contributed by atoms with Crippen molar-refractivity contribution in [2.75, 3.05) is 6.54 Å². The van der Waals surface area contributed by atoms with Gasteiger partial charge in [-0.15, -0.1) is 0 Å². The number of aromatic nitrogens is 4. The highest BCUT2D eigenvalue weighted by atomic mass is 19.3. The first-order chi connectivity index (χ1) is 12.1. The van der Waals surface area contributed by atoms with Gasteiger partial charge in [0, 0.05) is 18.9 Å². The summed E-state index contributed by atoms with van der Waals surface area (Å²) in [7, 11) is 0. The molecule has 1 saturated carbocycles. The maximum atomic E-state index is 13.2. The predicted octanol–water partition coefficient (Wildman–Crippen LogP) is 2.98. The van der Waals surface area contributed by atoms with Crippen molar-refractivity contribution in [3.8, 4) is 0 Å². The van der Waals surface area contributed by atoms with Gasteiger partial charge in [-0.05, 0) is 30.9 Å². The number of imidazole rings is 2. The standard InChI is InChI=1S/C17H15F2N5O/c18-13(19)14-22-11-3-1-2-10(12(11)23-14)15(25)24-8-9-6-17(24,7-9)16-20-4-5-21-16/h1-5,9,13H,6-8H2,(H,20,21)(H,22,23). The molecule has 6 nitrogen and oxygen atoms in total. The first-order valence-corrected chi connectivity index (χ1v) is 8.17. The van der Waals surface area contributed by atoms with Crippen LogP contribution in [0.3, 0.4) is 0 Å². The number of nitrogens with zero attached hydrogens (tertiary/aromatic N) is 3. The summed E-state index contributed by atoms with van der Waals surface area (Å²) in [6.45, 7) is 0.655. The highest BCUT2D eigenvalue weighted by Crippen LogP contribution is 2.56. The molecule has 2 aliphatic heterocycles. The Bertz CT molecular complexity index is 959. The van der Waals surface area contributed by atoms with Crippen molar-refractivity contribution in [3.63, 3.8) is 0 Å². The highest BCUT2D eigenvalue weighted by molar-refractivity contribution is 6.05. The van der Waals surface area contributed by atoms with Crippen LogP contribution >= 0.6 is 0 Å². The molecule has 128 valence electrons. The number of hydrogen-bond donors (Lipinski definition) is 2. The molecule has 6 rings (SSSR count). The Morgan fingerprint density at radius 1 is 1.36 bits per heavy atom. The second kappa shape index (κ2) is 4.87. The number of para-hydroxylation sites is 1. The fraction of sp³-hybridized carbons (Fsp3) is 0.353. The van der Waals surface area contributed by atoms with Crippen molar-refractivity contribution in [2.45, 2.75) is 24.8 Å². The summed E-state index contributed by atoms with van der Waals surface area (Å²) < 4.78 is 25.9. The zero-order valence-electron chi connectivity index (χ0n) is 13.2. The normalized spacial score (nSPS) is 24.9. The molecule has 2 bridgehead atoms. The molecule has 3 aliphatic rings.